The maximum absolute atomic E-state index is 14.9. The van der Waals surface area contributed by atoms with E-state index in [-0.39, 0.29) is 27.4 Å². The summed E-state index contributed by atoms with van der Waals surface area (Å²) in [4.78, 5) is 14.9. The van der Waals surface area contributed by atoms with Gasteiger partial charge < -0.3 is 27.1 Å². The third-order valence-electron chi connectivity index (χ3n) is 10.1. The zero-order valence-electron chi connectivity index (χ0n) is 38.1. The Morgan fingerprint density at radius 1 is 0.306 bits per heavy atom. The van der Waals surface area contributed by atoms with Gasteiger partial charge in [0.25, 0.3) is 0 Å². The Hall–Kier alpha value is -5.35. The third-order valence-corrected chi connectivity index (χ3v) is 12.2. The van der Waals surface area contributed by atoms with Gasteiger partial charge in [-0.05, 0) is 70.2 Å². The van der Waals surface area contributed by atoms with Crippen LogP contribution in [-0.2, 0) is 21.7 Å². The first kappa shape index (κ1) is 46.2. The Bertz CT molecular complexity index is 2180. The standard InChI is InChI=1S/C53H60O7P2/c1-50(2,3)39-27-15-21-33-45(39)57-61(58-46-34-22-16-28-40(46)51(4,5)6)55-43-31-19-13-25-37(43)49(54)38-26-14-20-32-44(38)56-62(59-47-35-23-17-29-41(47)52(7,8)9)60-48-36-24-18-30-42(48)53(10,11)12/h13-36H,1-12H3. The van der Waals surface area contributed by atoms with Crippen molar-refractivity contribution < 1.29 is 31.9 Å². The predicted molar refractivity (Wildman–Crippen MR) is 254 cm³/mol. The van der Waals surface area contributed by atoms with Crippen LogP contribution in [0.3, 0.4) is 0 Å². The molecule has 7 nitrogen and oxygen atoms in total. The Morgan fingerprint density at radius 3 is 0.742 bits per heavy atom. The molecule has 0 spiro atoms. The summed E-state index contributed by atoms with van der Waals surface area (Å²) in [6.07, 6.45) is 0. The predicted octanol–water partition coefficient (Wildman–Crippen LogP) is 15.6. The summed E-state index contributed by atoms with van der Waals surface area (Å²) in [5.41, 5.74) is 3.68. The van der Waals surface area contributed by atoms with Gasteiger partial charge >= 0.3 is 17.2 Å². The van der Waals surface area contributed by atoms with Gasteiger partial charge in [-0.25, -0.2) is 0 Å². The van der Waals surface area contributed by atoms with E-state index in [1.165, 1.54) is 0 Å². The summed E-state index contributed by atoms with van der Waals surface area (Å²) < 4.78 is 40.2. The highest BCUT2D eigenvalue weighted by molar-refractivity contribution is 7.43. The van der Waals surface area contributed by atoms with E-state index in [0.29, 0.717) is 45.6 Å². The lowest BCUT2D eigenvalue weighted by molar-refractivity contribution is 0.103. The number of benzene rings is 6. The molecule has 0 N–H and O–H groups in total. The van der Waals surface area contributed by atoms with Gasteiger partial charge in [-0.3, -0.25) is 4.79 Å². The van der Waals surface area contributed by atoms with E-state index in [9.17, 15) is 4.79 Å². The molecule has 9 heteroatoms. The van der Waals surface area contributed by atoms with Crippen LogP contribution in [0.1, 0.15) is 121 Å². The molecule has 6 aromatic carbocycles. The molecule has 324 valence electrons. The van der Waals surface area contributed by atoms with E-state index >= 15 is 0 Å². The number of rotatable bonds is 14. The number of carbonyl (C=O) groups excluding carboxylic acids is 1. The number of carbonyl (C=O) groups is 1. The number of hydrogen-bond acceptors (Lipinski definition) is 7. The number of hydrogen-bond donors (Lipinski definition) is 0. The molecule has 0 radical (unpaired) electrons. The molecular formula is C53H60O7P2. The van der Waals surface area contributed by atoms with Gasteiger partial charge in [0.2, 0.25) is 5.78 Å². The van der Waals surface area contributed by atoms with Crippen molar-refractivity contribution in [3.63, 3.8) is 0 Å². The molecule has 0 amide bonds. The van der Waals surface area contributed by atoms with Crippen LogP contribution >= 0.6 is 17.2 Å². The SMILES string of the molecule is CC(C)(C)c1ccccc1OP(Oc1ccccc1C(=O)c1ccccc1OP(Oc1ccccc1C(C)(C)C)Oc1ccccc1C(C)(C)C)Oc1ccccc1C(C)(C)C. The average molecular weight is 871 g/mol. The first-order valence-electron chi connectivity index (χ1n) is 21.0. The molecule has 62 heavy (non-hydrogen) atoms. The third kappa shape index (κ3) is 11.6. The molecule has 6 rings (SSSR count). The number of ketones is 1. The second kappa shape index (κ2) is 19.0. The molecule has 0 bridgehead atoms. The minimum Gasteiger partial charge on any atom is -0.408 e. The van der Waals surface area contributed by atoms with Crippen LogP contribution in [0.15, 0.2) is 146 Å². The Kier molecular flexibility index (Phi) is 14.1. The van der Waals surface area contributed by atoms with Crippen LogP contribution in [0, 0.1) is 0 Å². The molecule has 0 saturated heterocycles. The molecule has 0 unspecified atom stereocenters. The van der Waals surface area contributed by atoms with E-state index in [2.05, 4.69) is 83.1 Å². The summed E-state index contributed by atoms with van der Waals surface area (Å²) in [6.45, 7) is 25.6. The van der Waals surface area contributed by atoms with Gasteiger partial charge in [0.05, 0.1) is 11.1 Å². The smallest absolute Gasteiger partial charge is 0.408 e. The fraction of sp³-hybridized carbons (Fsp3) is 0.302. The monoisotopic (exact) mass is 870 g/mol. The first-order chi connectivity index (χ1) is 29.2. The van der Waals surface area contributed by atoms with Crippen LogP contribution in [0.25, 0.3) is 0 Å². The first-order valence-corrected chi connectivity index (χ1v) is 23.2. The molecule has 0 atom stereocenters. The summed E-state index contributed by atoms with van der Waals surface area (Å²) in [7, 11) is -4.30. The van der Waals surface area contributed by atoms with Crippen molar-refractivity contribution in [1.29, 1.82) is 0 Å². The lowest BCUT2D eigenvalue weighted by Gasteiger charge is -2.27. The minimum absolute atomic E-state index is 0.227. The maximum atomic E-state index is 14.9. The Balaban J connectivity index is 1.38. The quantitative estimate of drug-likeness (QED) is 0.0797. The average Bonchev–Trinajstić information content (AvgIpc) is 3.20. The van der Waals surface area contributed by atoms with Crippen LogP contribution in [0.5, 0.6) is 34.5 Å². The maximum Gasteiger partial charge on any atom is 0.530 e. The van der Waals surface area contributed by atoms with Crippen molar-refractivity contribution in [2.24, 2.45) is 0 Å². The van der Waals surface area contributed by atoms with Gasteiger partial charge in [-0.2, -0.15) is 0 Å². The van der Waals surface area contributed by atoms with Crippen molar-refractivity contribution in [2.45, 2.75) is 105 Å². The zero-order valence-corrected chi connectivity index (χ0v) is 39.9. The van der Waals surface area contributed by atoms with E-state index in [4.69, 9.17) is 27.1 Å². The van der Waals surface area contributed by atoms with Gasteiger partial charge in [-0.1, -0.05) is 180 Å². The van der Waals surface area contributed by atoms with Gasteiger partial charge in [0.1, 0.15) is 34.5 Å². The van der Waals surface area contributed by atoms with Crippen LogP contribution in [0.4, 0.5) is 0 Å². The molecule has 0 aliphatic heterocycles. The van der Waals surface area contributed by atoms with Crippen molar-refractivity contribution in [3.05, 3.63) is 179 Å². The molecule has 0 heterocycles. The van der Waals surface area contributed by atoms with E-state index in [1.807, 2.05) is 121 Å². The van der Waals surface area contributed by atoms with Crippen molar-refractivity contribution in [1.82, 2.24) is 0 Å². The van der Waals surface area contributed by atoms with Crippen LogP contribution < -0.4 is 27.1 Å². The lowest BCUT2D eigenvalue weighted by atomic mass is 9.86. The van der Waals surface area contributed by atoms with Gasteiger partial charge in [-0.15, -0.1) is 0 Å². The fourth-order valence-electron chi connectivity index (χ4n) is 6.87. The summed E-state index contributed by atoms with van der Waals surface area (Å²) >= 11 is 0. The van der Waals surface area contributed by atoms with E-state index in [0.717, 1.165) is 22.3 Å². The van der Waals surface area contributed by atoms with Gasteiger partial charge in [0.15, 0.2) is 0 Å². The Morgan fingerprint density at radius 2 is 0.500 bits per heavy atom. The Labute approximate surface area is 371 Å². The molecular weight excluding hydrogens is 811 g/mol. The fourth-order valence-corrected chi connectivity index (χ4v) is 9.01. The lowest BCUT2D eigenvalue weighted by Crippen LogP contribution is -2.16. The van der Waals surface area contributed by atoms with Crippen molar-refractivity contribution in [2.75, 3.05) is 0 Å². The highest BCUT2D eigenvalue weighted by Crippen LogP contribution is 2.50. The molecule has 0 aliphatic carbocycles. The highest BCUT2D eigenvalue weighted by Gasteiger charge is 2.32. The highest BCUT2D eigenvalue weighted by atomic mass is 31.2. The molecule has 0 fully saturated rings. The van der Waals surface area contributed by atoms with Crippen molar-refractivity contribution in [3.8, 4) is 34.5 Å². The summed E-state index contributed by atoms with van der Waals surface area (Å²) in [5.74, 6) is 2.82. The van der Waals surface area contributed by atoms with Gasteiger partial charge in [0, 0.05) is 22.3 Å². The summed E-state index contributed by atoms with van der Waals surface area (Å²) in [5, 5.41) is 0. The topological polar surface area (TPSA) is 72.5 Å². The molecule has 0 saturated carbocycles. The van der Waals surface area contributed by atoms with E-state index < -0.39 is 17.2 Å². The second-order valence-corrected chi connectivity index (χ2v) is 21.3. The second-order valence-electron chi connectivity index (χ2n) is 19.3. The molecule has 0 aliphatic rings. The molecule has 6 aromatic rings. The largest absolute Gasteiger partial charge is 0.530 e. The number of para-hydroxylation sites is 6. The van der Waals surface area contributed by atoms with Crippen LogP contribution in [0.2, 0.25) is 0 Å². The molecule has 0 aromatic heterocycles. The normalized spacial score (nSPS) is 12.2. The van der Waals surface area contributed by atoms with E-state index in [1.54, 1.807) is 24.3 Å². The summed E-state index contributed by atoms with van der Waals surface area (Å²) in [6, 6.07) is 45.9. The zero-order chi connectivity index (χ0) is 44.9. The van der Waals surface area contributed by atoms with Crippen molar-refractivity contribution >= 4 is 23.0 Å². The minimum atomic E-state index is -2.15. The van der Waals surface area contributed by atoms with Crippen LogP contribution in [-0.4, -0.2) is 5.78 Å².